The van der Waals surface area contributed by atoms with Crippen molar-refractivity contribution in [2.24, 2.45) is 5.73 Å². The lowest BCUT2D eigenvalue weighted by Crippen LogP contribution is -2.40. The number of nitrogens with one attached hydrogen (secondary N) is 1. The molecule has 0 heterocycles. The van der Waals surface area contributed by atoms with Gasteiger partial charge in [0.15, 0.2) is 17.7 Å². The zero-order chi connectivity index (χ0) is 16.0. The molecule has 0 bridgehead atoms. The summed E-state index contributed by atoms with van der Waals surface area (Å²) >= 11 is 0. The van der Waals surface area contributed by atoms with Gasteiger partial charge in [0, 0.05) is 12.1 Å². The van der Waals surface area contributed by atoms with Gasteiger partial charge in [-0.05, 0) is 51.3 Å². The molecule has 0 radical (unpaired) electrons. The summed E-state index contributed by atoms with van der Waals surface area (Å²) in [6, 6.07) is 4.78. The lowest BCUT2D eigenvalue weighted by atomic mass is 10.0. The van der Waals surface area contributed by atoms with Crippen LogP contribution in [0.25, 0.3) is 0 Å². The topological polar surface area (TPSA) is 64.3 Å². The quantitative estimate of drug-likeness (QED) is 0.812. The fourth-order valence-electron chi connectivity index (χ4n) is 1.86. The van der Waals surface area contributed by atoms with Crippen molar-refractivity contribution in [2.75, 3.05) is 0 Å². The highest BCUT2D eigenvalue weighted by Crippen LogP contribution is 2.20. The standard InChI is InChI=1S/C16H25FN2O2/c1-5-13(18)8-12-6-7-15(14(17)9-12)21-11(4)16(20)19-10(2)3/h6-7,9-11,13H,5,8,18H2,1-4H3,(H,19,20). The second kappa shape index (κ2) is 7.98. The first-order valence-electron chi connectivity index (χ1n) is 7.34. The van der Waals surface area contributed by atoms with E-state index in [4.69, 9.17) is 10.5 Å². The molecule has 0 fully saturated rings. The molecule has 1 rings (SSSR count). The van der Waals surface area contributed by atoms with E-state index in [0.717, 1.165) is 12.0 Å². The fraction of sp³-hybridized carbons (Fsp3) is 0.562. The maximum Gasteiger partial charge on any atom is 0.260 e. The Hall–Kier alpha value is -1.62. The highest BCUT2D eigenvalue weighted by molar-refractivity contribution is 5.80. The van der Waals surface area contributed by atoms with E-state index in [9.17, 15) is 9.18 Å². The predicted molar refractivity (Wildman–Crippen MR) is 81.7 cm³/mol. The van der Waals surface area contributed by atoms with Crippen molar-refractivity contribution in [2.45, 2.75) is 58.7 Å². The number of carbonyl (C=O) groups excluding carboxylic acids is 1. The van der Waals surface area contributed by atoms with Gasteiger partial charge in [0.05, 0.1) is 0 Å². The van der Waals surface area contributed by atoms with E-state index in [-0.39, 0.29) is 23.7 Å². The molecule has 0 saturated carbocycles. The van der Waals surface area contributed by atoms with Gasteiger partial charge >= 0.3 is 0 Å². The number of benzene rings is 1. The molecule has 118 valence electrons. The van der Waals surface area contributed by atoms with Crippen LogP contribution in [0.2, 0.25) is 0 Å². The summed E-state index contributed by atoms with van der Waals surface area (Å²) in [5, 5.41) is 2.72. The normalized spacial score (nSPS) is 13.9. The average molecular weight is 296 g/mol. The van der Waals surface area contributed by atoms with Crippen LogP contribution in [-0.2, 0) is 11.2 Å². The second-order valence-electron chi connectivity index (χ2n) is 5.56. The Morgan fingerprint density at radius 3 is 2.57 bits per heavy atom. The first-order chi connectivity index (χ1) is 9.83. The lowest BCUT2D eigenvalue weighted by Gasteiger charge is -2.17. The Bertz CT molecular complexity index is 477. The van der Waals surface area contributed by atoms with Crippen LogP contribution in [0, 0.1) is 5.82 Å². The monoisotopic (exact) mass is 296 g/mol. The molecule has 0 aliphatic rings. The summed E-state index contributed by atoms with van der Waals surface area (Å²) < 4.78 is 19.4. The minimum atomic E-state index is -0.745. The van der Waals surface area contributed by atoms with Crippen molar-refractivity contribution in [3.05, 3.63) is 29.6 Å². The van der Waals surface area contributed by atoms with E-state index >= 15 is 0 Å². The highest BCUT2D eigenvalue weighted by atomic mass is 19.1. The molecule has 21 heavy (non-hydrogen) atoms. The van der Waals surface area contributed by atoms with Gasteiger partial charge in [-0.15, -0.1) is 0 Å². The minimum absolute atomic E-state index is 0.0197. The molecule has 0 spiro atoms. The molecule has 2 unspecified atom stereocenters. The van der Waals surface area contributed by atoms with Crippen molar-refractivity contribution in [1.82, 2.24) is 5.32 Å². The molecular formula is C16H25FN2O2. The van der Waals surface area contributed by atoms with Crippen LogP contribution in [0.3, 0.4) is 0 Å². The third kappa shape index (κ3) is 5.71. The van der Waals surface area contributed by atoms with E-state index in [1.54, 1.807) is 19.1 Å². The van der Waals surface area contributed by atoms with E-state index in [1.165, 1.54) is 6.07 Å². The summed E-state index contributed by atoms with van der Waals surface area (Å²) in [5.41, 5.74) is 6.68. The number of halogens is 1. The van der Waals surface area contributed by atoms with Crippen LogP contribution in [0.5, 0.6) is 5.75 Å². The zero-order valence-corrected chi connectivity index (χ0v) is 13.2. The Morgan fingerprint density at radius 1 is 1.38 bits per heavy atom. The van der Waals surface area contributed by atoms with Gasteiger partial charge in [0.25, 0.3) is 5.91 Å². The number of amides is 1. The van der Waals surface area contributed by atoms with Crippen molar-refractivity contribution in [3.63, 3.8) is 0 Å². The van der Waals surface area contributed by atoms with Crippen molar-refractivity contribution in [1.29, 1.82) is 0 Å². The van der Waals surface area contributed by atoms with Gasteiger partial charge in [-0.2, -0.15) is 0 Å². The summed E-state index contributed by atoms with van der Waals surface area (Å²) in [4.78, 5) is 11.7. The Kier molecular flexibility index (Phi) is 6.62. The SMILES string of the molecule is CCC(N)Cc1ccc(OC(C)C(=O)NC(C)C)c(F)c1. The Labute approximate surface area is 125 Å². The summed E-state index contributed by atoms with van der Waals surface area (Å²) in [6.45, 7) is 7.31. The molecular weight excluding hydrogens is 271 g/mol. The van der Waals surface area contributed by atoms with E-state index < -0.39 is 11.9 Å². The van der Waals surface area contributed by atoms with Gasteiger partial charge in [-0.1, -0.05) is 13.0 Å². The Morgan fingerprint density at radius 2 is 2.05 bits per heavy atom. The van der Waals surface area contributed by atoms with Gasteiger partial charge in [-0.3, -0.25) is 4.79 Å². The van der Waals surface area contributed by atoms with Crippen LogP contribution in [-0.4, -0.2) is 24.1 Å². The Balaban J connectivity index is 2.70. The summed E-state index contributed by atoms with van der Waals surface area (Å²) in [5.74, 6) is -0.656. The maximum atomic E-state index is 14.0. The molecule has 0 aliphatic carbocycles. The molecule has 1 aromatic carbocycles. The molecule has 0 aliphatic heterocycles. The molecule has 0 saturated heterocycles. The first-order valence-corrected chi connectivity index (χ1v) is 7.34. The third-order valence-electron chi connectivity index (χ3n) is 3.12. The number of carbonyl (C=O) groups is 1. The van der Waals surface area contributed by atoms with Crippen molar-refractivity contribution >= 4 is 5.91 Å². The van der Waals surface area contributed by atoms with Crippen LogP contribution in [0.4, 0.5) is 4.39 Å². The number of hydrogen-bond acceptors (Lipinski definition) is 3. The summed E-state index contributed by atoms with van der Waals surface area (Å²) in [7, 11) is 0. The molecule has 5 heteroatoms. The first kappa shape index (κ1) is 17.4. The summed E-state index contributed by atoms with van der Waals surface area (Å²) in [6.07, 6.45) is 0.717. The predicted octanol–water partition coefficient (Wildman–Crippen LogP) is 2.40. The molecule has 1 amide bonds. The molecule has 1 aromatic rings. The number of hydrogen-bond donors (Lipinski definition) is 2. The van der Waals surface area contributed by atoms with E-state index in [1.807, 2.05) is 20.8 Å². The largest absolute Gasteiger partial charge is 0.478 e. The molecule has 2 atom stereocenters. The van der Waals surface area contributed by atoms with Crippen molar-refractivity contribution < 1.29 is 13.9 Å². The smallest absolute Gasteiger partial charge is 0.260 e. The van der Waals surface area contributed by atoms with Crippen LogP contribution in [0.1, 0.15) is 39.7 Å². The second-order valence-corrected chi connectivity index (χ2v) is 5.56. The van der Waals surface area contributed by atoms with Crippen molar-refractivity contribution in [3.8, 4) is 5.75 Å². The highest BCUT2D eigenvalue weighted by Gasteiger charge is 2.17. The van der Waals surface area contributed by atoms with Gasteiger partial charge in [-0.25, -0.2) is 4.39 Å². The van der Waals surface area contributed by atoms with E-state index in [0.29, 0.717) is 6.42 Å². The van der Waals surface area contributed by atoms with Gasteiger partial charge in [0.1, 0.15) is 0 Å². The van der Waals surface area contributed by atoms with E-state index in [2.05, 4.69) is 5.32 Å². The zero-order valence-electron chi connectivity index (χ0n) is 13.2. The maximum absolute atomic E-state index is 14.0. The molecule has 3 N–H and O–H groups in total. The van der Waals surface area contributed by atoms with Crippen LogP contribution in [0.15, 0.2) is 18.2 Å². The van der Waals surface area contributed by atoms with Crippen LogP contribution >= 0.6 is 0 Å². The average Bonchev–Trinajstić information content (AvgIpc) is 2.40. The molecule has 4 nitrogen and oxygen atoms in total. The number of ether oxygens (including phenoxy) is 1. The minimum Gasteiger partial charge on any atom is -0.478 e. The van der Waals surface area contributed by atoms with Gasteiger partial charge in [0.2, 0.25) is 0 Å². The number of nitrogens with two attached hydrogens (primary N) is 1. The third-order valence-corrected chi connectivity index (χ3v) is 3.12. The molecule has 0 aromatic heterocycles. The lowest BCUT2D eigenvalue weighted by molar-refractivity contribution is -0.127. The van der Waals surface area contributed by atoms with Gasteiger partial charge < -0.3 is 15.8 Å². The fourth-order valence-corrected chi connectivity index (χ4v) is 1.86. The number of rotatable bonds is 7. The van der Waals surface area contributed by atoms with Crippen LogP contribution < -0.4 is 15.8 Å².